The maximum absolute atomic E-state index is 13.0. The zero-order valence-corrected chi connectivity index (χ0v) is 18.2. The molecule has 7 heteroatoms. The molecule has 1 atom stereocenters. The summed E-state index contributed by atoms with van der Waals surface area (Å²) in [7, 11) is 1.60. The molecular formula is C26H24N2O5. The molecule has 0 unspecified atom stereocenters. The van der Waals surface area contributed by atoms with Gasteiger partial charge in [-0.3, -0.25) is 4.79 Å². The van der Waals surface area contributed by atoms with E-state index in [1.807, 2.05) is 60.7 Å². The Morgan fingerprint density at radius 1 is 0.879 bits per heavy atom. The highest BCUT2D eigenvalue weighted by Gasteiger charge is 2.33. The molecule has 0 N–H and O–H groups in total. The van der Waals surface area contributed by atoms with Crippen LogP contribution in [0.4, 0.5) is 0 Å². The Kier molecular flexibility index (Phi) is 6.99. The molecule has 0 radical (unpaired) electrons. The van der Waals surface area contributed by atoms with E-state index >= 15 is 0 Å². The standard InChI is InChI=1S/C26H24N2O5/c1-31-21-14-12-20(13-15-21)24-16-23(19-8-4-2-5-9-19)27-28(24)25(29)17-33-26(30)18-32-22-10-6-3-7-11-22/h2-15,24H,16-18H2,1H3/t24-/m1/s1. The minimum absolute atomic E-state index is 0.280. The molecule has 0 bridgehead atoms. The van der Waals surface area contributed by atoms with Crippen molar-refractivity contribution in [3.63, 3.8) is 0 Å². The summed E-state index contributed by atoms with van der Waals surface area (Å²) in [4.78, 5) is 25.1. The molecule has 0 saturated heterocycles. The van der Waals surface area contributed by atoms with Gasteiger partial charge in [0.05, 0.1) is 18.9 Å². The number of para-hydroxylation sites is 1. The van der Waals surface area contributed by atoms with Gasteiger partial charge in [-0.15, -0.1) is 0 Å². The van der Waals surface area contributed by atoms with Crippen molar-refractivity contribution in [1.82, 2.24) is 5.01 Å². The van der Waals surface area contributed by atoms with E-state index < -0.39 is 18.5 Å². The van der Waals surface area contributed by atoms with Crippen LogP contribution in [0.15, 0.2) is 90.0 Å². The van der Waals surface area contributed by atoms with Crippen LogP contribution < -0.4 is 9.47 Å². The third-order valence-corrected chi connectivity index (χ3v) is 5.23. The van der Waals surface area contributed by atoms with Crippen molar-refractivity contribution in [2.75, 3.05) is 20.3 Å². The minimum Gasteiger partial charge on any atom is -0.497 e. The largest absolute Gasteiger partial charge is 0.497 e. The number of ether oxygens (including phenoxy) is 3. The third kappa shape index (κ3) is 5.57. The average Bonchev–Trinajstić information content (AvgIpc) is 3.33. The molecule has 0 fully saturated rings. The number of carbonyl (C=O) groups is 2. The highest BCUT2D eigenvalue weighted by atomic mass is 16.6. The number of rotatable bonds is 8. The predicted molar refractivity (Wildman–Crippen MR) is 123 cm³/mol. The predicted octanol–water partition coefficient (Wildman–Crippen LogP) is 4.00. The van der Waals surface area contributed by atoms with Crippen LogP contribution >= 0.6 is 0 Å². The number of hydrogen-bond acceptors (Lipinski definition) is 6. The topological polar surface area (TPSA) is 77.4 Å². The molecule has 1 amide bonds. The van der Waals surface area contributed by atoms with E-state index in [1.54, 1.807) is 31.4 Å². The molecular weight excluding hydrogens is 420 g/mol. The van der Waals surface area contributed by atoms with Crippen LogP contribution in [0, 0.1) is 0 Å². The summed E-state index contributed by atoms with van der Waals surface area (Å²) in [6.07, 6.45) is 0.549. The smallest absolute Gasteiger partial charge is 0.344 e. The fraction of sp³-hybridized carbons (Fsp3) is 0.192. The highest BCUT2D eigenvalue weighted by Crippen LogP contribution is 2.33. The molecule has 1 aliphatic rings. The van der Waals surface area contributed by atoms with Crippen molar-refractivity contribution < 1.29 is 23.8 Å². The Bertz CT molecular complexity index is 1110. The van der Waals surface area contributed by atoms with E-state index in [9.17, 15) is 9.59 Å². The van der Waals surface area contributed by atoms with Crippen molar-refractivity contribution in [2.24, 2.45) is 5.10 Å². The minimum atomic E-state index is -0.625. The summed E-state index contributed by atoms with van der Waals surface area (Å²) in [5, 5.41) is 5.98. The summed E-state index contributed by atoms with van der Waals surface area (Å²) in [5.41, 5.74) is 2.65. The fourth-order valence-corrected chi connectivity index (χ4v) is 3.54. The lowest BCUT2D eigenvalue weighted by Crippen LogP contribution is -2.32. The first-order valence-corrected chi connectivity index (χ1v) is 10.6. The lowest BCUT2D eigenvalue weighted by molar-refractivity contribution is -0.154. The second-order valence-corrected chi connectivity index (χ2v) is 7.41. The van der Waals surface area contributed by atoms with Gasteiger partial charge in [0.15, 0.2) is 13.2 Å². The van der Waals surface area contributed by atoms with Crippen molar-refractivity contribution >= 4 is 17.6 Å². The number of methoxy groups -OCH3 is 1. The van der Waals surface area contributed by atoms with Crippen LogP contribution in [-0.2, 0) is 14.3 Å². The monoisotopic (exact) mass is 444 g/mol. The Hall–Kier alpha value is -4.13. The molecule has 1 heterocycles. The lowest BCUT2D eigenvalue weighted by Gasteiger charge is -2.22. The van der Waals surface area contributed by atoms with Gasteiger partial charge in [-0.05, 0) is 35.4 Å². The van der Waals surface area contributed by atoms with Gasteiger partial charge in [-0.2, -0.15) is 5.10 Å². The van der Waals surface area contributed by atoms with Gasteiger partial charge < -0.3 is 14.2 Å². The summed E-state index contributed by atoms with van der Waals surface area (Å²) in [6, 6.07) is 25.8. The SMILES string of the molecule is COc1ccc([C@H]2CC(c3ccccc3)=NN2C(=O)COC(=O)COc2ccccc2)cc1. The highest BCUT2D eigenvalue weighted by molar-refractivity contribution is 6.03. The van der Waals surface area contributed by atoms with E-state index in [1.165, 1.54) is 5.01 Å². The van der Waals surface area contributed by atoms with Gasteiger partial charge in [-0.1, -0.05) is 60.7 Å². The number of amides is 1. The van der Waals surface area contributed by atoms with E-state index in [0.717, 1.165) is 22.6 Å². The van der Waals surface area contributed by atoms with Gasteiger partial charge >= 0.3 is 5.97 Å². The fourth-order valence-electron chi connectivity index (χ4n) is 3.54. The van der Waals surface area contributed by atoms with Crippen molar-refractivity contribution in [3.05, 3.63) is 96.1 Å². The lowest BCUT2D eigenvalue weighted by atomic mass is 9.98. The molecule has 1 aliphatic heterocycles. The van der Waals surface area contributed by atoms with Gasteiger partial charge in [0.1, 0.15) is 11.5 Å². The first kappa shape index (κ1) is 22.1. The first-order valence-electron chi connectivity index (χ1n) is 10.6. The second kappa shape index (κ2) is 10.5. The normalized spacial score (nSPS) is 15.0. The molecule has 168 valence electrons. The Balaban J connectivity index is 1.44. The van der Waals surface area contributed by atoms with Crippen LogP contribution in [0.5, 0.6) is 11.5 Å². The number of carbonyl (C=O) groups excluding carboxylic acids is 2. The zero-order valence-electron chi connectivity index (χ0n) is 18.2. The van der Waals surface area contributed by atoms with Crippen molar-refractivity contribution in [3.8, 4) is 11.5 Å². The second-order valence-electron chi connectivity index (χ2n) is 7.41. The van der Waals surface area contributed by atoms with Gasteiger partial charge in [0.2, 0.25) is 0 Å². The van der Waals surface area contributed by atoms with Crippen LogP contribution in [-0.4, -0.2) is 42.9 Å². The van der Waals surface area contributed by atoms with Crippen LogP contribution in [0.25, 0.3) is 0 Å². The number of esters is 1. The summed E-state index contributed by atoms with van der Waals surface area (Å²) in [6.45, 7) is -0.701. The first-order chi connectivity index (χ1) is 16.1. The van der Waals surface area contributed by atoms with E-state index in [-0.39, 0.29) is 12.6 Å². The van der Waals surface area contributed by atoms with Crippen LogP contribution in [0.3, 0.4) is 0 Å². The molecule has 4 rings (SSSR count). The molecule has 33 heavy (non-hydrogen) atoms. The molecule has 0 aliphatic carbocycles. The molecule has 3 aromatic carbocycles. The van der Waals surface area contributed by atoms with E-state index in [0.29, 0.717) is 12.2 Å². The maximum atomic E-state index is 13.0. The Labute approximate surface area is 192 Å². The molecule has 0 aromatic heterocycles. The number of hydrogen-bond donors (Lipinski definition) is 0. The molecule has 0 saturated carbocycles. The van der Waals surface area contributed by atoms with E-state index in [2.05, 4.69) is 5.10 Å². The van der Waals surface area contributed by atoms with Gasteiger partial charge in [0, 0.05) is 6.42 Å². The summed E-state index contributed by atoms with van der Waals surface area (Å²) in [5.74, 6) is 0.248. The quantitative estimate of drug-likeness (QED) is 0.491. The summed E-state index contributed by atoms with van der Waals surface area (Å²) >= 11 is 0. The third-order valence-electron chi connectivity index (χ3n) is 5.23. The van der Waals surface area contributed by atoms with Crippen LogP contribution in [0.2, 0.25) is 0 Å². The van der Waals surface area contributed by atoms with Crippen molar-refractivity contribution in [2.45, 2.75) is 12.5 Å². The van der Waals surface area contributed by atoms with Gasteiger partial charge in [-0.25, -0.2) is 9.80 Å². The number of nitrogens with zero attached hydrogens (tertiary/aromatic N) is 2. The molecule has 3 aromatic rings. The maximum Gasteiger partial charge on any atom is 0.344 e. The number of hydrazone groups is 1. The Morgan fingerprint density at radius 2 is 1.55 bits per heavy atom. The zero-order chi connectivity index (χ0) is 23.0. The summed E-state index contributed by atoms with van der Waals surface area (Å²) < 4.78 is 15.8. The van der Waals surface area contributed by atoms with Crippen molar-refractivity contribution in [1.29, 1.82) is 0 Å². The van der Waals surface area contributed by atoms with E-state index in [4.69, 9.17) is 14.2 Å². The average molecular weight is 444 g/mol. The molecule has 0 spiro atoms. The number of benzene rings is 3. The van der Waals surface area contributed by atoms with Crippen LogP contribution in [0.1, 0.15) is 23.6 Å². The molecule has 7 nitrogen and oxygen atoms in total. The Morgan fingerprint density at radius 3 is 2.21 bits per heavy atom. The van der Waals surface area contributed by atoms with Gasteiger partial charge in [0.25, 0.3) is 5.91 Å².